The fourth-order valence-electron chi connectivity index (χ4n) is 2.93. The van der Waals surface area contributed by atoms with Crippen molar-refractivity contribution in [2.75, 3.05) is 13.1 Å². The maximum Gasteiger partial charge on any atom is 0.225 e. The summed E-state index contributed by atoms with van der Waals surface area (Å²) >= 11 is 0. The minimum Gasteiger partial charge on any atom is -0.346 e. The van der Waals surface area contributed by atoms with E-state index in [0.717, 1.165) is 31.5 Å². The third kappa shape index (κ3) is 3.15. The van der Waals surface area contributed by atoms with Gasteiger partial charge in [0.15, 0.2) is 0 Å². The highest BCUT2D eigenvalue weighted by Crippen LogP contribution is 2.25. The average Bonchev–Trinajstić information content (AvgIpc) is 3.17. The zero-order chi connectivity index (χ0) is 14.7. The molecular formula is C17H19FN2O. The van der Waals surface area contributed by atoms with Gasteiger partial charge in [-0.1, -0.05) is 12.1 Å². The normalized spacial score (nSPS) is 16.1. The summed E-state index contributed by atoms with van der Waals surface area (Å²) in [6.45, 7) is 1.70. The van der Waals surface area contributed by atoms with Crippen LogP contribution in [0.1, 0.15) is 30.9 Å². The van der Waals surface area contributed by atoms with Crippen molar-refractivity contribution in [2.24, 2.45) is 0 Å². The summed E-state index contributed by atoms with van der Waals surface area (Å²) in [4.78, 5) is 14.3. The fraction of sp³-hybridized carbons (Fsp3) is 0.353. The molecule has 0 N–H and O–H groups in total. The average molecular weight is 286 g/mol. The van der Waals surface area contributed by atoms with Gasteiger partial charge in [-0.15, -0.1) is 0 Å². The summed E-state index contributed by atoms with van der Waals surface area (Å²) < 4.78 is 15.5. The van der Waals surface area contributed by atoms with E-state index in [1.54, 1.807) is 6.07 Å². The topological polar surface area (TPSA) is 25.2 Å². The molecule has 1 amide bonds. The number of benzene rings is 1. The molecule has 3 nitrogen and oxygen atoms in total. The number of hydrogen-bond donors (Lipinski definition) is 0. The van der Waals surface area contributed by atoms with Crippen LogP contribution in [-0.4, -0.2) is 28.5 Å². The van der Waals surface area contributed by atoms with Crippen molar-refractivity contribution in [1.82, 2.24) is 9.47 Å². The van der Waals surface area contributed by atoms with Gasteiger partial charge in [-0.3, -0.25) is 4.79 Å². The van der Waals surface area contributed by atoms with Crippen LogP contribution in [0.4, 0.5) is 4.39 Å². The van der Waals surface area contributed by atoms with Crippen molar-refractivity contribution in [1.29, 1.82) is 0 Å². The molecule has 1 saturated heterocycles. The van der Waals surface area contributed by atoms with Crippen LogP contribution in [0.2, 0.25) is 0 Å². The Morgan fingerprint density at radius 3 is 2.52 bits per heavy atom. The number of aromatic nitrogens is 1. The standard InChI is InChI=1S/C17H19FN2O/c18-15-7-5-6-14(12-15)16(19-8-1-2-9-19)13-17(21)20-10-3-4-11-20/h1-2,5-9,12,16H,3-4,10-11,13H2. The number of amides is 1. The van der Waals surface area contributed by atoms with Crippen molar-refractivity contribution >= 4 is 5.91 Å². The first kappa shape index (κ1) is 13.9. The number of likely N-dealkylation sites (tertiary alicyclic amines) is 1. The van der Waals surface area contributed by atoms with Crippen molar-refractivity contribution in [2.45, 2.75) is 25.3 Å². The molecule has 4 heteroatoms. The van der Waals surface area contributed by atoms with E-state index in [1.807, 2.05) is 40.1 Å². The number of carbonyl (C=O) groups excluding carboxylic acids is 1. The zero-order valence-electron chi connectivity index (χ0n) is 11.9. The lowest BCUT2D eigenvalue weighted by Gasteiger charge is -2.23. The van der Waals surface area contributed by atoms with Gasteiger partial charge >= 0.3 is 0 Å². The maximum atomic E-state index is 13.5. The molecule has 1 atom stereocenters. The summed E-state index contributed by atoms with van der Waals surface area (Å²) in [5.74, 6) is -0.117. The first-order valence-electron chi connectivity index (χ1n) is 7.40. The van der Waals surface area contributed by atoms with Gasteiger partial charge in [-0.2, -0.15) is 0 Å². The van der Waals surface area contributed by atoms with Crippen molar-refractivity contribution in [3.63, 3.8) is 0 Å². The summed E-state index contributed by atoms with van der Waals surface area (Å²) in [5.41, 5.74) is 0.832. The molecule has 1 fully saturated rings. The van der Waals surface area contributed by atoms with Crippen LogP contribution >= 0.6 is 0 Å². The number of hydrogen-bond acceptors (Lipinski definition) is 1. The molecule has 2 aromatic rings. The molecular weight excluding hydrogens is 267 g/mol. The van der Waals surface area contributed by atoms with E-state index < -0.39 is 0 Å². The predicted molar refractivity (Wildman–Crippen MR) is 79.4 cm³/mol. The van der Waals surface area contributed by atoms with Gasteiger partial charge in [0.2, 0.25) is 5.91 Å². The lowest BCUT2D eigenvalue weighted by Crippen LogP contribution is -2.30. The molecule has 1 unspecified atom stereocenters. The molecule has 0 spiro atoms. The third-order valence-electron chi connectivity index (χ3n) is 4.05. The lowest BCUT2D eigenvalue weighted by molar-refractivity contribution is -0.130. The van der Waals surface area contributed by atoms with Crippen molar-refractivity contribution < 1.29 is 9.18 Å². The van der Waals surface area contributed by atoms with E-state index in [0.29, 0.717) is 6.42 Å². The quantitative estimate of drug-likeness (QED) is 0.847. The molecule has 1 aliphatic rings. The summed E-state index contributed by atoms with van der Waals surface area (Å²) in [5, 5.41) is 0. The van der Waals surface area contributed by atoms with Crippen molar-refractivity contribution in [3.05, 3.63) is 60.2 Å². The summed E-state index contributed by atoms with van der Waals surface area (Å²) in [7, 11) is 0. The van der Waals surface area contributed by atoms with Crippen LogP contribution in [0, 0.1) is 5.82 Å². The van der Waals surface area contributed by atoms with Crippen LogP contribution < -0.4 is 0 Å². The van der Waals surface area contributed by atoms with Crippen LogP contribution in [0.3, 0.4) is 0 Å². The lowest BCUT2D eigenvalue weighted by atomic mass is 10.0. The van der Waals surface area contributed by atoms with Gasteiger partial charge in [0.05, 0.1) is 12.5 Å². The predicted octanol–water partition coefficient (Wildman–Crippen LogP) is 3.23. The zero-order valence-corrected chi connectivity index (χ0v) is 11.9. The van der Waals surface area contributed by atoms with E-state index in [9.17, 15) is 9.18 Å². The van der Waals surface area contributed by atoms with Crippen molar-refractivity contribution in [3.8, 4) is 0 Å². The minimum absolute atomic E-state index is 0.149. The van der Waals surface area contributed by atoms with E-state index >= 15 is 0 Å². The molecule has 1 aliphatic heterocycles. The molecule has 110 valence electrons. The number of carbonyl (C=O) groups is 1. The first-order valence-corrected chi connectivity index (χ1v) is 7.40. The van der Waals surface area contributed by atoms with Crippen LogP contribution in [-0.2, 0) is 4.79 Å². The van der Waals surface area contributed by atoms with Gasteiger partial charge in [0.25, 0.3) is 0 Å². The van der Waals surface area contributed by atoms with Gasteiger partial charge < -0.3 is 9.47 Å². The largest absolute Gasteiger partial charge is 0.346 e. The van der Waals surface area contributed by atoms with Gasteiger partial charge in [-0.25, -0.2) is 4.39 Å². The molecule has 0 saturated carbocycles. The van der Waals surface area contributed by atoms with Gasteiger partial charge in [0, 0.05) is 25.5 Å². The maximum absolute atomic E-state index is 13.5. The number of rotatable bonds is 4. The Morgan fingerprint density at radius 2 is 1.86 bits per heavy atom. The molecule has 1 aromatic carbocycles. The molecule has 0 radical (unpaired) electrons. The smallest absolute Gasteiger partial charge is 0.225 e. The highest BCUT2D eigenvalue weighted by atomic mass is 19.1. The second-order valence-corrected chi connectivity index (χ2v) is 5.49. The Bertz CT molecular complexity index is 603. The highest BCUT2D eigenvalue weighted by molar-refractivity contribution is 5.77. The van der Waals surface area contributed by atoms with Gasteiger partial charge in [-0.05, 0) is 42.7 Å². The molecule has 3 rings (SSSR count). The Kier molecular flexibility index (Phi) is 4.04. The SMILES string of the molecule is O=C(CC(c1cccc(F)c1)n1cccc1)N1CCCC1. The Hall–Kier alpha value is -2.10. The van der Waals surface area contributed by atoms with Crippen LogP contribution in [0.15, 0.2) is 48.8 Å². The van der Waals surface area contributed by atoms with Crippen LogP contribution in [0.25, 0.3) is 0 Å². The Labute approximate surface area is 124 Å². The highest BCUT2D eigenvalue weighted by Gasteiger charge is 2.23. The summed E-state index contributed by atoms with van der Waals surface area (Å²) in [6, 6.07) is 10.2. The van der Waals surface area contributed by atoms with E-state index in [-0.39, 0.29) is 17.8 Å². The second kappa shape index (κ2) is 6.12. The molecule has 2 heterocycles. The van der Waals surface area contributed by atoms with E-state index in [1.165, 1.54) is 12.1 Å². The first-order chi connectivity index (χ1) is 10.2. The molecule has 0 bridgehead atoms. The Morgan fingerprint density at radius 1 is 1.14 bits per heavy atom. The second-order valence-electron chi connectivity index (χ2n) is 5.49. The Balaban J connectivity index is 1.84. The monoisotopic (exact) mass is 286 g/mol. The van der Waals surface area contributed by atoms with Crippen LogP contribution in [0.5, 0.6) is 0 Å². The summed E-state index contributed by atoms with van der Waals surface area (Å²) in [6.07, 6.45) is 6.39. The van der Waals surface area contributed by atoms with E-state index in [4.69, 9.17) is 0 Å². The molecule has 21 heavy (non-hydrogen) atoms. The molecule has 0 aliphatic carbocycles. The van der Waals surface area contributed by atoms with Gasteiger partial charge in [0.1, 0.15) is 5.82 Å². The number of nitrogens with zero attached hydrogens (tertiary/aromatic N) is 2. The molecule has 1 aromatic heterocycles. The fourth-order valence-corrected chi connectivity index (χ4v) is 2.93. The third-order valence-corrected chi connectivity index (χ3v) is 4.05. The van der Waals surface area contributed by atoms with E-state index in [2.05, 4.69) is 0 Å². The minimum atomic E-state index is -0.265. The number of halogens is 1.